The van der Waals surface area contributed by atoms with Crippen LogP contribution in [-0.4, -0.2) is 37.9 Å². The van der Waals surface area contributed by atoms with Crippen molar-refractivity contribution in [3.8, 4) is 0 Å². The zero-order valence-corrected chi connectivity index (χ0v) is 16.4. The highest BCUT2D eigenvalue weighted by molar-refractivity contribution is 6.12. The third-order valence-corrected chi connectivity index (χ3v) is 4.14. The van der Waals surface area contributed by atoms with Crippen LogP contribution in [0.3, 0.4) is 0 Å². The first-order valence-electron chi connectivity index (χ1n) is 8.78. The van der Waals surface area contributed by atoms with Crippen molar-refractivity contribution in [2.24, 2.45) is 5.16 Å². The summed E-state index contributed by atoms with van der Waals surface area (Å²) < 4.78 is 64.7. The number of anilines is 1. The zero-order chi connectivity index (χ0) is 23.2. The predicted octanol–water partition coefficient (Wildman–Crippen LogP) is 4.26. The molecule has 2 aromatic rings. The van der Waals surface area contributed by atoms with E-state index in [2.05, 4.69) is 20.6 Å². The molecule has 0 heterocycles. The van der Waals surface area contributed by atoms with Crippen LogP contribution in [-0.2, 0) is 10.8 Å². The van der Waals surface area contributed by atoms with Crippen molar-refractivity contribution in [2.75, 3.05) is 19.0 Å². The van der Waals surface area contributed by atoms with Gasteiger partial charge in [0.1, 0.15) is 7.11 Å². The van der Waals surface area contributed by atoms with Crippen LogP contribution in [0.2, 0.25) is 0 Å². The molecule has 0 aliphatic rings. The van der Waals surface area contributed by atoms with Gasteiger partial charge in [-0.1, -0.05) is 23.4 Å². The lowest BCUT2D eigenvalue weighted by atomic mass is 10.0. The Balaban J connectivity index is 2.23. The lowest BCUT2D eigenvalue weighted by molar-refractivity contribution is -0.289. The second-order valence-electron chi connectivity index (χ2n) is 6.28. The van der Waals surface area contributed by atoms with E-state index in [9.17, 15) is 31.5 Å². The summed E-state index contributed by atoms with van der Waals surface area (Å²) in [7, 11) is 1.33. The van der Waals surface area contributed by atoms with Gasteiger partial charge >= 0.3 is 12.1 Å². The molecule has 2 aromatic carbocycles. The predicted molar refractivity (Wildman–Crippen MR) is 103 cm³/mol. The Morgan fingerprint density at radius 3 is 2.19 bits per heavy atom. The summed E-state index contributed by atoms with van der Waals surface area (Å²) in [6.45, 7) is 1.32. The van der Waals surface area contributed by atoms with E-state index in [-0.39, 0.29) is 28.9 Å². The van der Waals surface area contributed by atoms with E-state index < -0.39 is 29.5 Å². The molecule has 0 bridgehead atoms. The number of nitrogens with zero attached hydrogens (tertiary/aromatic N) is 1. The van der Waals surface area contributed by atoms with Crippen molar-refractivity contribution < 1.29 is 36.4 Å². The van der Waals surface area contributed by atoms with Gasteiger partial charge in [-0.3, -0.25) is 9.59 Å². The summed E-state index contributed by atoms with van der Waals surface area (Å²) in [5.41, 5.74) is -1.22. The van der Waals surface area contributed by atoms with Crippen LogP contribution in [0.15, 0.2) is 47.6 Å². The molecule has 0 atom stereocenters. The number of benzene rings is 2. The number of halogens is 5. The molecule has 6 nitrogen and oxygen atoms in total. The Morgan fingerprint density at radius 1 is 1.03 bits per heavy atom. The minimum Gasteiger partial charge on any atom is -0.399 e. The number of carbonyl (C=O) groups excluding carboxylic acids is 2. The summed E-state index contributed by atoms with van der Waals surface area (Å²) in [5.74, 6) is -6.35. The lowest BCUT2D eigenvalue weighted by Crippen LogP contribution is -2.33. The number of alkyl halides is 5. The van der Waals surface area contributed by atoms with E-state index in [1.807, 2.05) is 0 Å². The number of oxime groups is 1. The Labute approximate surface area is 174 Å². The van der Waals surface area contributed by atoms with Gasteiger partial charge in [0.2, 0.25) is 0 Å². The molecular weight excluding hydrogens is 425 g/mol. The van der Waals surface area contributed by atoms with Crippen molar-refractivity contribution in [1.29, 1.82) is 0 Å². The van der Waals surface area contributed by atoms with Crippen LogP contribution in [0.5, 0.6) is 0 Å². The van der Waals surface area contributed by atoms with Gasteiger partial charge in [-0.2, -0.15) is 22.0 Å². The average molecular weight is 443 g/mol. The minimum atomic E-state index is -5.75. The molecule has 0 aromatic heterocycles. The number of nitrogens with one attached hydrogen (secondary N) is 2. The van der Waals surface area contributed by atoms with Gasteiger partial charge in [-0.05, 0) is 36.8 Å². The number of rotatable bonds is 7. The van der Waals surface area contributed by atoms with Crippen molar-refractivity contribution in [3.63, 3.8) is 0 Å². The Bertz CT molecular complexity index is 990. The molecular formula is C20H18F5N3O3. The third kappa shape index (κ3) is 5.56. The van der Waals surface area contributed by atoms with Crippen molar-refractivity contribution in [1.82, 2.24) is 5.32 Å². The molecule has 2 N–H and O–H groups in total. The molecule has 0 aliphatic carbocycles. The second kappa shape index (κ2) is 9.54. The maximum absolute atomic E-state index is 13.5. The molecule has 0 saturated heterocycles. The second-order valence-corrected chi connectivity index (χ2v) is 6.28. The fourth-order valence-corrected chi connectivity index (χ4v) is 2.58. The first kappa shape index (κ1) is 23.8. The van der Waals surface area contributed by atoms with E-state index in [0.29, 0.717) is 12.1 Å². The molecule has 0 saturated carbocycles. The molecule has 2 amide bonds. The summed E-state index contributed by atoms with van der Waals surface area (Å²) in [6, 6.07) is 8.01. The first-order valence-corrected chi connectivity index (χ1v) is 8.78. The number of carbonyl (C=O) groups is 2. The van der Waals surface area contributed by atoms with Gasteiger partial charge in [0.15, 0.2) is 0 Å². The molecule has 31 heavy (non-hydrogen) atoms. The van der Waals surface area contributed by atoms with E-state index in [1.165, 1.54) is 44.5 Å². The Morgan fingerprint density at radius 2 is 1.65 bits per heavy atom. The summed E-state index contributed by atoms with van der Waals surface area (Å²) in [4.78, 5) is 29.4. The molecule has 11 heteroatoms. The summed E-state index contributed by atoms with van der Waals surface area (Å²) in [6.07, 6.45) is -4.45. The van der Waals surface area contributed by atoms with Gasteiger partial charge < -0.3 is 15.5 Å². The third-order valence-electron chi connectivity index (χ3n) is 4.14. The van der Waals surface area contributed by atoms with E-state index in [4.69, 9.17) is 0 Å². The van der Waals surface area contributed by atoms with Gasteiger partial charge in [-0.15, -0.1) is 0 Å². The Kier molecular flexibility index (Phi) is 7.32. The minimum absolute atomic E-state index is 0.00696. The number of amides is 2. The highest BCUT2D eigenvalue weighted by Crippen LogP contribution is 2.44. The number of aryl methyl sites for hydroxylation is 1. The van der Waals surface area contributed by atoms with E-state index in [1.54, 1.807) is 0 Å². The maximum atomic E-state index is 13.5. The van der Waals surface area contributed by atoms with Crippen LogP contribution < -0.4 is 10.6 Å². The Hall–Kier alpha value is -3.50. The van der Waals surface area contributed by atoms with Gasteiger partial charge in [0.25, 0.3) is 11.8 Å². The standard InChI is InChI=1S/C20H18F5N3O3/c1-12-11-13(19(21,22)20(23,24)25)7-8-16(12)28-18(30)15-6-4-3-5-14(15)17(29)26-9-10-27-31-2/h3-8,10-11H,9H2,1-2H3,(H,26,29)(H,28,30). The van der Waals surface area contributed by atoms with Gasteiger partial charge in [0, 0.05) is 11.3 Å². The molecule has 0 spiro atoms. The quantitative estimate of drug-likeness (QED) is 0.381. The van der Waals surface area contributed by atoms with Gasteiger partial charge in [0.05, 0.1) is 23.9 Å². The topological polar surface area (TPSA) is 79.8 Å². The monoisotopic (exact) mass is 443 g/mol. The fourth-order valence-electron chi connectivity index (χ4n) is 2.58. The maximum Gasteiger partial charge on any atom is 0.458 e. The highest BCUT2D eigenvalue weighted by Gasteiger charge is 2.58. The fraction of sp³-hybridized carbons (Fsp3) is 0.250. The van der Waals surface area contributed by atoms with Crippen molar-refractivity contribution in [3.05, 3.63) is 64.7 Å². The summed E-state index contributed by atoms with van der Waals surface area (Å²) >= 11 is 0. The van der Waals surface area contributed by atoms with Crippen LogP contribution in [0.25, 0.3) is 0 Å². The largest absolute Gasteiger partial charge is 0.458 e. The van der Waals surface area contributed by atoms with Crippen LogP contribution in [0.4, 0.5) is 27.6 Å². The van der Waals surface area contributed by atoms with Gasteiger partial charge in [-0.25, -0.2) is 0 Å². The summed E-state index contributed by atoms with van der Waals surface area (Å²) in [5, 5.41) is 8.39. The molecule has 0 fully saturated rings. The lowest BCUT2D eigenvalue weighted by Gasteiger charge is -2.21. The van der Waals surface area contributed by atoms with Crippen molar-refractivity contribution >= 4 is 23.7 Å². The molecule has 0 radical (unpaired) electrons. The number of hydrogen-bond donors (Lipinski definition) is 2. The SMILES string of the molecule is CON=CCNC(=O)c1ccccc1C(=O)Nc1ccc(C(F)(F)C(F)(F)F)cc1C. The zero-order valence-electron chi connectivity index (χ0n) is 16.4. The van der Waals surface area contributed by atoms with Crippen LogP contribution in [0, 0.1) is 6.92 Å². The molecule has 0 unspecified atom stereocenters. The first-order chi connectivity index (χ1) is 14.5. The van der Waals surface area contributed by atoms with Crippen LogP contribution >= 0.6 is 0 Å². The van der Waals surface area contributed by atoms with Crippen molar-refractivity contribution in [2.45, 2.75) is 19.0 Å². The van der Waals surface area contributed by atoms with E-state index in [0.717, 1.165) is 6.07 Å². The molecule has 0 aliphatic heterocycles. The number of hydrogen-bond acceptors (Lipinski definition) is 4. The normalized spacial score (nSPS) is 12.0. The highest BCUT2D eigenvalue weighted by atomic mass is 19.4. The average Bonchev–Trinajstić information content (AvgIpc) is 2.71. The van der Waals surface area contributed by atoms with Crippen LogP contribution in [0.1, 0.15) is 31.8 Å². The van der Waals surface area contributed by atoms with E-state index >= 15 is 0 Å². The molecule has 166 valence electrons. The molecule has 2 rings (SSSR count). The smallest absolute Gasteiger partial charge is 0.399 e.